The van der Waals surface area contributed by atoms with Gasteiger partial charge in [-0.05, 0) is 37.6 Å². The van der Waals surface area contributed by atoms with Gasteiger partial charge in [0.25, 0.3) is 5.91 Å². The Morgan fingerprint density at radius 3 is 1.83 bits per heavy atom. The first kappa shape index (κ1) is 21.0. The summed E-state index contributed by atoms with van der Waals surface area (Å²) in [6.07, 6.45) is 13.2. The van der Waals surface area contributed by atoms with E-state index >= 15 is 0 Å². The number of hydrogen-bond donors (Lipinski definition) is 0. The van der Waals surface area contributed by atoms with Gasteiger partial charge in [0.15, 0.2) is 0 Å². The highest BCUT2D eigenvalue weighted by Crippen LogP contribution is 2.13. The Hall–Kier alpha value is -1.02. The molecule has 0 bridgehead atoms. The van der Waals surface area contributed by atoms with Crippen molar-refractivity contribution in [3.63, 3.8) is 0 Å². The Morgan fingerprint density at radius 2 is 1.33 bits per heavy atom. The number of hydrogen-bond acceptors (Lipinski definition) is 1. The summed E-state index contributed by atoms with van der Waals surface area (Å²) in [6, 6.07) is 7.18. The van der Waals surface area contributed by atoms with Gasteiger partial charge in [-0.1, -0.05) is 76.3 Å². The van der Waals surface area contributed by atoms with Crippen molar-refractivity contribution in [2.24, 2.45) is 0 Å². The average molecular weight is 352 g/mol. The summed E-state index contributed by atoms with van der Waals surface area (Å²) in [4.78, 5) is 14.4. The van der Waals surface area contributed by atoms with Crippen molar-refractivity contribution in [2.45, 2.75) is 78.1 Å². The second kappa shape index (κ2) is 13.3. The fourth-order valence-electron chi connectivity index (χ4n) is 2.97. The van der Waals surface area contributed by atoms with Gasteiger partial charge in [-0.2, -0.15) is 0 Å². The SMILES string of the molecule is CCCCCCCCCCCCN(CC)C(=O)c1ccc(Cl)cc1. The summed E-state index contributed by atoms with van der Waals surface area (Å²) in [5.74, 6) is 0.116. The Morgan fingerprint density at radius 1 is 0.833 bits per heavy atom. The summed E-state index contributed by atoms with van der Waals surface area (Å²) in [6.45, 7) is 5.93. The molecule has 1 aromatic carbocycles. The molecule has 0 aliphatic heterocycles. The lowest BCUT2D eigenvalue weighted by Gasteiger charge is -2.21. The number of unbranched alkanes of at least 4 members (excludes halogenated alkanes) is 9. The van der Waals surface area contributed by atoms with Crippen LogP contribution in [0.5, 0.6) is 0 Å². The zero-order valence-corrected chi connectivity index (χ0v) is 16.3. The van der Waals surface area contributed by atoms with Gasteiger partial charge in [-0.25, -0.2) is 0 Å². The van der Waals surface area contributed by atoms with E-state index in [0.29, 0.717) is 5.02 Å². The van der Waals surface area contributed by atoms with Crippen molar-refractivity contribution >= 4 is 17.5 Å². The minimum Gasteiger partial charge on any atom is -0.339 e. The predicted octanol–water partition coefficient (Wildman–Crippen LogP) is 6.72. The highest BCUT2D eigenvalue weighted by Gasteiger charge is 2.13. The van der Waals surface area contributed by atoms with Crippen molar-refractivity contribution in [2.75, 3.05) is 13.1 Å². The number of nitrogens with zero attached hydrogens (tertiary/aromatic N) is 1. The largest absolute Gasteiger partial charge is 0.339 e. The molecule has 2 nitrogen and oxygen atoms in total. The monoisotopic (exact) mass is 351 g/mol. The normalized spacial score (nSPS) is 10.8. The van der Waals surface area contributed by atoms with Crippen LogP contribution in [-0.2, 0) is 0 Å². The third-order valence-corrected chi connectivity index (χ3v) is 4.79. The Bertz CT molecular complexity index is 444. The number of benzene rings is 1. The van der Waals surface area contributed by atoms with Gasteiger partial charge in [0.1, 0.15) is 0 Å². The molecule has 0 N–H and O–H groups in total. The van der Waals surface area contributed by atoms with Gasteiger partial charge in [-0.3, -0.25) is 4.79 Å². The maximum atomic E-state index is 12.5. The van der Waals surface area contributed by atoms with Gasteiger partial charge in [-0.15, -0.1) is 0 Å². The van der Waals surface area contributed by atoms with Crippen LogP contribution in [0.25, 0.3) is 0 Å². The molecule has 0 saturated carbocycles. The lowest BCUT2D eigenvalue weighted by Crippen LogP contribution is -2.31. The van der Waals surface area contributed by atoms with E-state index in [2.05, 4.69) is 6.92 Å². The second-order valence-corrected chi connectivity index (χ2v) is 7.01. The molecule has 0 atom stereocenters. The molecule has 136 valence electrons. The Labute approximate surface area is 153 Å². The molecule has 1 rings (SSSR count). The standard InChI is InChI=1S/C21H34ClNO/c1-3-5-6-7-8-9-10-11-12-13-18-23(4-2)21(24)19-14-16-20(22)17-15-19/h14-17H,3-13,18H2,1-2H3. The lowest BCUT2D eigenvalue weighted by atomic mass is 10.1. The highest BCUT2D eigenvalue weighted by atomic mass is 35.5. The molecule has 24 heavy (non-hydrogen) atoms. The van der Waals surface area contributed by atoms with Gasteiger partial charge in [0, 0.05) is 23.7 Å². The van der Waals surface area contributed by atoms with Crippen LogP contribution in [-0.4, -0.2) is 23.9 Å². The van der Waals surface area contributed by atoms with E-state index in [0.717, 1.165) is 25.1 Å². The van der Waals surface area contributed by atoms with E-state index in [-0.39, 0.29) is 5.91 Å². The quantitative estimate of drug-likeness (QED) is 0.361. The number of carbonyl (C=O) groups excluding carboxylic acids is 1. The average Bonchev–Trinajstić information content (AvgIpc) is 2.60. The smallest absolute Gasteiger partial charge is 0.253 e. The third kappa shape index (κ3) is 8.73. The lowest BCUT2D eigenvalue weighted by molar-refractivity contribution is 0.0761. The van der Waals surface area contributed by atoms with E-state index in [4.69, 9.17) is 11.6 Å². The number of amides is 1. The van der Waals surface area contributed by atoms with Crippen molar-refractivity contribution in [3.8, 4) is 0 Å². The van der Waals surface area contributed by atoms with Gasteiger partial charge < -0.3 is 4.90 Å². The third-order valence-electron chi connectivity index (χ3n) is 4.54. The van der Waals surface area contributed by atoms with Crippen molar-refractivity contribution in [1.29, 1.82) is 0 Å². The zero-order valence-electron chi connectivity index (χ0n) is 15.5. The maximum Gasteiger partial charge on any atom is 0.253 e. The Kier molecular flexibility index (Phi) is 11.6. The number of halogens is 1. The van der Waals surface area contributed by atoms with E-state index in [9.17, 15) is 4.79 Å². The molecule has 0 fully saturated rings. The van der Waals surface area contributed by atoms with Crippen LogP contribution in [0.4, 0.5) is 0 Å². The van der Waals surface area contributed by atoms with E-state index in [1.165, 1.54) is 57.8 Å². The van der Waals surface area contributed by atoms with Crippen molar-refractivity contribution in [1.82, 2.24) is 4.90 Å². The fourth-order valence-corrected chi connectivity index (χ4v) is 3.09. The zero-order chi connectivity index (χ0) is 17.6. The van der Waals surface area contributed by atoms with Crippen LogP contribution in [0.3, 0.4) is 0 Å². The fraction of sp³-hybridized carbons (Fsp3) is 0.667. The minimum absolute atomic E-state index is 0.116. The molecular formula is C21H34ClNO. The van der Waals surface area contributed by atoms with E-state index in [1.54, 1.807) is 12.1 Å². The maximum absolute atomic E-state index is 12.5. The summed E-state index contributed by atoms with van der Waals surface area (Å²) in [7, 11) is 0. The van der Waals surface area contributed by atoms with Gasteiger partial charge >= 0.3 is 0 Å². The molecule has 0 radical (unpaired) electrons. The van der Waals surface area contributed by atoms with Crippen LogP contribution in [0, 0.1) is 0 Å². The predicted molar refractivity (Wildman–Crippen MR) is 105 cm³/mol. The van der Waals surface area contributed by atoms with Crippen LogP contribution in [0.2, 0.25) is 5.02 Å². The second-order valence-electron chi connectivity index (χ2n) is 6.57. The molecule has 1 aromatic rings. The minimum atomic E-state index is 0.116. The first-order valence-corrected chi connectivity index (χ1v) is 10.1. The van der Waals surface area contributed by atoms with Crippen molar-refractivity contribution < 1.29 is 4.79 Å². The number of carbonyl (C=O) groups is 1. The Balaban J connectivity index is 2.13. The molecule has 0 aliphatic carbocycles. The summed E-state index contributed by atoms with van der Waals surface area (Å²) in [5, 5.41) is 0.671. The molecule has 0 saturated heterocycles. The van der Waals surface area contributed by atoms with Crippen molar-refractivity contribution in [3.05, 3.63) is 34.9 Å². The van der Waals surface area contributed by atoms with E-state index < -0.39 is 0 Å². The molecule has 0 aliphatic rings. The van der Waals surface area contributed by atoms with Crippen LogP contribution < -0.4 is 0 Å². The molecule has 3 heteroatoms. The molecular weight excluding hydrogens is 318 g/mol. The van der Waals surface area contributed by atoms with Crippen LogP contribution in [0.1, 0.15) is 88.4 Å². The number of rotatable bonds is 13. The topological polar surface area (TPSA) is 20.3 Å². The van der Waals surface area contributed by atoms with Gasteiger partial charge in [0.05, 0.1) is 0 Å². The molecule has 0 heterocycles. The molecule has 0 aromatic heterocycles. The summed E-state index contributed by atoms with van der Waals surface area (Å²) >= 11 is 5.88. The van der Waals surface area contributed by atoms with E-state index in [1.807, 2.05) is 24.0 Å². The van der Waals surface area contributed by atoms with Crippen LogP contribution >= 0.6 is 11.6 Å². The summed E-state index contributed by atoms with van der Waals surface area (Å²) < 4.78 is 0. The van der Waals surface area contributed by atoms with Gasteiger partial charge in [0.2, 0.25) is 0 Å². The molecule has 1 amide bonds. The molecule has 0 unspecified atom stereocenters. The molecule has 0 spiro atoms. The first-order valence-electron chi connectivity index (χ1n) is 9.73. The van der Waals surface area contributed by atoms with Crippen LogP contribution in [0.15, 0.2) is 24.3 Å². The first-order chi connectivity index (χ1) is 11.7. The highest BCUT2D eigenvalue weighted by molar-refractivity contribution is 6.30. The summed E-state index contributed by atoms with van der Waals surface area (Å²) in [5.41, 5.74) is 0.730.